The lowest BCUT2D eigenvalue weighted by Gasteiger charge is -2.17. The number of nitrogens with zero attached hydrogens (tertiary/aromatic N) is 3. The average Bonchev–Trinajstić information content (AvgIpc) is 2.51. The Kier molecular flexibility index (Phi) is 3.10. The van der Waals surface area contributed by atoms with E-state index in [0.29, 0.717) is 6.54 Å². The standard InChI is InChI=1S/C7H11F3N4/c1-2-14-6(12-4-13-14)5(3-11)7(8,9)10/h4-5H,2-3,11H2,1H3. The average molecular weight is 208 g/mol. The Bertz CT molecular complexity index is 293. The first-order valence-electron chi connectivity index (χ1n) is 4.15. The van der Waals surface area contributed by atoms with Crippen molar-refractivity contribution in [3.63, 3.8) is 0 Å². The lowest BCUT2D eigenvalue weighted by Crippen LogP contribution is -2.30. The fourth-order valence-electron chi connectivity index (χ4n) is 1.17. The highest BCUT2D eigenvalue weighted by molar-refractivity contribution is 5.00. The molecule has 14 heavy (non-hydrogen) atoms. The quantitative estimate of drug-likeness (QED) is 0.802. The zero-order valence-corrected chi connectivity index (χ0v) is 7.62. The molecule has 1 aromatic heterocycles. The van der Waals surface area contributed by atoms with E-state index in [1.54, 1.807) is 6.92 Å². The molecule has 1 rings (SSSR count). The molecule has 0 aromatic carbocycles. The summed E-state index contributed by atoms with van der Waals surface area (Å²) in [6, 6.07) is 0. The molecule has 0 fully saturated rings. The van der Waals surface area contributed by atoms with Crippen LogP contribution in [0.1, 0.15) is 18.7 Å². The lowest BCUT2D eigenvalue weighted by atomic mass is 10.1. The Labute approximate surface area is 78.9 Å². The van der Waals surface area contributed by atoms with Gasteiger partial charge in [-0.15, -0.1) is 0 Å². The molecule has 0 aliphatic rings. The third-order valence-corrected chi connectivity index (χ3v) is 1.89. The van der Waals surface area contributed by atoms with Gasteiger partial charge in [-0.3, -0.25) is 0 Å². The number of aryl methyl sites for hydroxylation is 1. The van der Waals surface area contributed by atoms with Crippen molar-refractivity contribution in [2.24, 2.45) is 5.73 Å². The molecule has 0 amide bonds. The summed E-state index contributed by atoms with van der Waals surface area (Å²) in [7, 11) is 0. The van der Waals surface area contributed by atoms with E-state index in [1.807, 2.05) is 0 Å². The van der Waals surface area contributed by atoms with Gasteiger partial charge in [0.05, 0.1) is 0 Å². The van der Waals surface area contributed by atoms with E-state index in [-0.39, 0.29) is 5.82 Å². The van der Waals surface area contributed by atoms with Crippen molar-refractivity contribution in [1.29, 1.82) is 0 Å². The van der Waals surface area contributed by atoms with Crippen molar-refractivity contribution in [2.75, 3.05) is 6.54 Å². The van der Waals surface area contributed by atoms with E-state index < -0.39 is 18.6 Å². The number of alkyl halides is 3. The van der Waals surface area contributed by atoms with E-state index in [9.17, 15) is 13.2 Å². The number of aromatic nitrogens is 3. The van der Waals surface area contributed by atoms with Crippen molar-refractivity contribution in [3.05, 3.63) is 12.2 Å². The minimum absolute atomic E-state index is 0.123. The molecule has 4 nitrogen and oxygen atoms in total. The maximum Gasteiger partial charge on any atom is 0.400 e. The van der Waals surface area contributed by atoms with Crippen LogP contribution < -0.4 is 5.73 Å². The number of rotatable bonds is 3. The lowest BCUT2D eigenvalue weighted by molar-refractivity contribution is -0.150. The van der Waals surface area contributed by atoms with Crippen molar-refractivity contribution >= 4 is 0 Å². The summed E-state index contributed by atoms with van der Waals surface area (Å²) in [4.78, 5) is 3.58. The van der Waals surface area contributed by atoms with Crippen LogP contribution in [0.4, 0.5) is 13.2 Å². The normalized spacial score (nSPS) is 14.4. The molecule has 7 heteroatoms. The molecule has 0 radical (unpaired) electrons. The number of nitrogens with two attached hydrogens (primary N) is 1. The number of hydrogen-bond donors (Lipinski definition) is 1. The maximum atomic E-state index is 12.4. The fourth-order valence-corrected chi connectivity index (χ4v) is 1.17. The van der Waals surface area contributed by atoms with E-state index in [2.05, 4.69) is 10.1 Å². The summed E-state index contributed by atoms with van der Waals surface area (Å²) < 4.78 is 38.5. The molecule has 2 N–H and O–H groups in total. The Hall–Kier alpha value is -1.11. The molecule has 1 atom stereocenters. The Morgan fingerprint density at radius 2 is 2.21 bits per heavy atom. The highest BCUT2D eigenvalue weighted by atomic mass is 19.4. The Balaban J connectivity index is 3.01. The highest BCUT2D eigenvalue weighted by Crippen LogP contribution is 2.32. The zero-order valence-electron chi connectivity index (χ0n) is 7.62. The molecule has 1 unspecified atom stereocenters. The molecule has 0 saturated carbocycles. The van der Waals surface area contributed by atoms with Gasteiger partial charge in [0.1, 0.15) is 18.1 Å². The van der Waals surface area contributed by atoms with Gasteiger partial charge in [-0.1, -0.05) is 0 Å². The van der Waals surface area contributed by atoms with Crippen LogP contribution in [-0.2, 0) is 6.54 Å². The van der Waals surface area contributed by atoms with Crippen LogP contribution in [0.2, 0.25) is 0 Å². The minimum Gasteiger partial charge on any atom is -0.329 e. The predicted molar refractivity (Wildman–Crippen MR) is 43.5 cm³/mol. The van der Waals surface area contributed by atoms with Gasteiger partial charge in [0.15, 0.2) is 0 Å². The molecule has 0 saturated heterocycles. The second-order valence-corrected chi connectivity index (χ2v) is 2.76. The minimum atomic E-state index is -4.37. The molecule has 80 valence electrons. The maximum absolute atomic E-state index is 12.4. The van der Waals surface area contributed by atoms with E-state index in [4.69, 9.17) is 5.73 Å². The van der Waals surface area contributed by atoms with Crippen molar-refractivity contribution in [3.8, 4) is 0 Å². The molecule has 0 spiro atoms. The zero-order chi connectivity index (χ0) is 10.8. The van der Waals surface area contributed by atoms with Crippen LogP contribution in [-0.4, -0.2) is 27.5 Å². The predicted octanol–water partition coefficient (Wildman–Crippen LogP) is 0.903. The van der Waals surface area contributed by atoms with Crippen LogP contribution in [0.5, 0.6) is 0 Å². The van der Waals surface area contributed by atoms with Crippen LogP contribution in [0.15, 0.2) is 6.33 Å². The van der Waals surface area contributed by atoms with Crippen molar-refractivity contribution < 1.29 is 13.2 Å². The second kappa shape index (κ2) is 3.95. The topological polar surface area (TPSA) is 56.7 Å². The summed E-state index contributed by atoms with van der Waals surface area (Å²) in [5.74, 6) is -1.85. The third kappa shape index (κ3) is 2.03. The molecular weight excluding hydrogens is 197 g/mol. The van der Waals surface area contributed by atoms with Crippen LogP contribution >= 0.6 is 0 Å². The summed E-state index contributed by atoms with van der Waals surface area (Å²) in [6.07, 6.45) is -3.26. The smallest absolute Gasteiger partial charge is 0.329 e. The van der Waals surface area contributed by atoms with Crippen molar-refractivity contribution in [2.45, 2.75) is 25.6 Å². The fraction of sp³-hybridized carbons (Fsp3) is 0.714. The molecule has 1 heterocycles. The van der Waals surface area contributed by atoms with E-state index >= 15 is 0 Å². The van der Waals surface area contributed by atoms with Gasteiger partial charge in [0.2, 0.25) is 0 Å². The summed E-state index contributed by atoms with van der Waals surface area (Å²) in [6.45, 7) is 1.53. The first-order valence-corrected chi connectivity index (χ1v) is 4.15. The van der Waals surface area contributed by atoms with Crippen LogP contribution in [0, 0.1) is 0 Å². The van der Waals surface area contributed by atoms with Gasteiger partial charge < -0.3 is 5.73 Å². The van der Waals surface area contributed by atoms with Crippen molar-refractivity contribution in [1.82, 2.24) is 14.8 Å². The number of halogens is 3. The highest BCUT2D eigenvalue weighted by Gasteiger charge is 2.42. The van der Waals surface area contributed by atoms with Gasteiger partial charge in [-0.2, -0.15) is 18.3 Å². The van der Waals surface area contributed by atoms with Gasteiger partial charge in [0, 0.05) is 13.1 Å². The summed E-state index contributed by atoms with van der Waals surface area (Å²) in [5, 5.41) is 3.67. The Morgan fingerprint density at radius 1 is 1.57 bits per heavy atom. The molecule has 0 aliphatic carbocycles. The molecular formula is C7H11F3N4. The van der Waals surface area contributed by atoms with Crippen LogP contribution in [0.3, 0.4) is 0 Å². The largest absolute Gasteiger partial charge is 0.400 e. The van der Waals surface area contributed by atoms with Gasteiger partial charge in [0.25, 0.3) is 0 Å². The first kappa shape index (κ1) is 11.0. The molecule has 0 bridgehead atoms. The molecule has 0 aliphatic heterocycles. The van der Waals surface area contributed by atoms with Crippen LogP contribution in [0.25, 0.3) is 0 Å². The first-order chi connectivity index (χ1) is 6.50. The van der Waals surface area contributed by atoms with E-state index in [0.717, 1.165) is 6.33 Å². The Morgan fingerprint density at radius 3 is 2.64 bits per heavy atom. The van der Waals surface area contributed by atoms with E-state index in [1.165, 1.54) is 4.68 Å². The SMILES string of the molecule is CCn1ncnc1C(CN)C(F)(F)F. The van der Waals surface area contributed by atoms with Gasteiger partial charge >= 0.3 is 6.18 Å². The van der Waals surface area contributed by atoms with Gasteiger partial charge in [-0.05, 0) is 6.92 Å². The second-order valence-electron chi connectivity index (χ2n) is 2.76. The number of hydrogen-bond acceptors (Lipinski definition) is 3. The van der Waals surface area contributed by atoms with Gasteiger partial charge in [-0.25, -0.2) is 9.67 Å². The monoisotopic (exact) mass is 208 g/mol. The third-order valence-electron chi connectivity index (χ3n) is 1.89. The summed E-state index contributed by atoms with van der Waals surface area (Å²) in [5.41, 5.74) is 5.07. The summed E-state index contributed by atoms with van der Waals surface area (Å²) >= 11 is 0. The molecule has 1 aromatic rings.